The van der Waals surface area contributed by atoms with Gasteiger partial charge in [-0.25, -0.2) is 18.4 Å². The summed E-state index contributed by atoms with van der Waals surface area (Å²) in [5, 5.41) is 1.26. The van der Waals surface area contributed by atoms with Crippen molar-refractivity contribution < 1.29 is 13.2 Å². The number of hydrogen-bond acceptors (Lipinski definition) is 5. The molecule has 0 radical (unpaired) electrons. The van der Waals surface area contributed by atoms with Crippen LogP contribution in [0.2, 0.25) is 0 Å². The van der Waals surface area contributed by atoms with Crippen LogP contribution in [0.4, 0.5) is 0 Å². The topological polar surface area (TPSA) is 72.4 Å². The number of hydrogen-bond donors (Lipinski definition) is 0. The van der Waals surface area contributed by atoms with E-state index in [0.717, 1.165) is 30.4 Å². The minimum absolute atomic E-state index is 0.240. The summed E-state index contributed by atoms with van der Waals surface area (Å²) in [5.41, 5.74) is 1.89. The van der Waals surface area contributed by atoms with Crippen molar-refractivity contribution in [3.05, 3.63) is 59.3 Å². The highest BCUT2D eigenvalue weighted by molar-refractivity contribution is 7.92. The molecule has 26 heavy (non-hydrogen) atoms. The summed E-state index contributed by atoms with van der Waals surface area (Å²) in [5.74, 6) is 0. The van der Waals surface area contributed by atoms with Crippen molar-refractivity contribution in [2.45, 2.75) is 32.3 Å². The van der Waals surface area contributed by atoms with E-state index in [0.29, 0.717) is 19.1 Å². The third-order valence-corrected chi connectivity index (χ3v) is 5.83. The summed E-state index contributed by atoms with van der Waals surface area (Å²) in [4.78, 5) is 8.38. The van der Waals surface area contributed by atoms with E-state index in [1.165, 1.54) is 9.71 Å². The Hall–Kier alpha value is -2.25. The molecule has 2 aromatic rings. The van der Waals surface area contributed by atoms with Crippen LogP contribution >= 0.6 is 0 Å². The van der Waals surface area contributed by atoms with Crippen LogP contribution in [-0.4, -0.2) is 41.9 Å². The number of ether oxygens (including phenoxy) is 1. The molecule has 1 atom stereocenters. The van der Waals surface area contributed by atoms with Gasteiger partial charge in [0.2, 0.25) is 10.0 Å². The van der Waals surface area contributed by atoms with Gasteiger partial charge in [0.15, 0.2) is 0 Å². The molecule has 3 rings (SSSR count). The first-order chi connectivity index (χ1) is 12.6. The van der Waals surface area contributed by atoms with Crippen LogP contribution in [0, 0.1) is 0 Å². The van der Waals surface area contributed by atoms with Gasteiger partial charge in [-0.1, -0.05) is 37.3 Å². The van der Waals surface area contributed by atoms with E-state index in [4.69, 9.17) is 4.74 Å². The largest absolute Gasteiger partial charge is 0.459 e. The van der Waals surface area contributed by atoms with E-state index in [1.807, 2.05) is 37.3 Å². The summed E-state index contributed by atoms with van der Waals surface area (Å²) in [6, 6.07) is 9.68. The first-order valence-corrected chi connectivity index (χ1v) is 10.3. The Labute approximate surface area is 154 Å². The van der Waals surface area contributed by atoms with Crippen molar-refractivity contribution in [1.29, 1.82) is 0 Å². The Morgan fingerprint density at radius 3 is 2.65 bits per heavy atom. The maximum atomic E-state index is 12.6. The van der Waals surface area contributed by atoms with Gasteiger partial charge in [0, 0.05) is 24.3 Å². The van der Waals surface area contributed by atoms with Gasteiger partial charge in [0.05, 0.1) is 6.54 Å². The molecule has 0 bridgehead atoms. The maximum Gasteiger partial charge on any atom is 0.316 e. The van der Waals surface area contributed by atoms with E-state index >= 15 is 0 Å². The molecule has 1 fully saturated rings. The smallest absolute Gasteiger partial charge is 0.316 e. The number of aryl methyl sites for hydroxylation is 1. The van der Waals surface area contributed by atoms with Crippen LogP contribution in [0.5, 0.6) is 6.01 Å². The fourth-order valence-corrected chi connectivity index (χ4v) is 4.04. The molecule has 1 saturated heterocycles. The molecule has 1 aliphatic rings. The molecule has 7 heteroatoms. The lowest BCUT2D eigenvalue weighted by atomic mass is 10.1. The van der Waals surface area contributed by atoms with Gasteiger partial charge in [0.1, 0.15) is 6.10 Å². The van der Waals surface area contributed by atoms with Crippen LogP contribution in [-0.2, 0) is 16.4 Å². The molecule has 0 spiro atoms. The second-order valence-corrected chi connectivity index (χ2v) is 8.04. The highest BCUT2D eigenvalue weighted by atomic mass is 32.2. The number of rotatable bonds is 6. The quantitative estimate of drug-likeness (QED) is 0.778. The monoisotopic (exact) mass is 373 g/mol. The van der Waals surface area contributed by atoms with Crippen LogP contribution < -0.4 is 4.74 Å². The van der Waals surface area contributed by atoms with Gasteiger partial charge < -0.3 is 4.74 Å². The molecule has 6 nitrogen and oxygen atoms in total. The summed E-state index contributed by atoms with van der Waals surface area (Å²) < 4.78 is 32.4. The third-order valence-electron chi connectivity index (χ3n) is 4.29. The summed E-state index contributed by atoms with van der Waals surface area (Å²) >= 11 is 0. The minimum Gasteiger partial charge on any atom is -0.459 e. The van der Waals surface area contributed by atoms with E-state index in [-0.39, 0.29) is 6.10 Å². The Morgan fingerprint density at radius 2 is 1.96 bits per heavy atom. The molecule has 1 aliphatic heterocycles. The molecule has 0 N–H and O–H groups in total. The second kappa shape index (κ2) is 8.42. The molecule has 1 aromatic carbocycles. The summed E-state index contributed by atoms with van der Waals surface area (Å²) in [7, 11) is -3.49. The Balaban J connectivity index is 1.64. The molecular weight excluding hydrogens is 350 g/mol. The molecule has 1 unspecified atom stereocenters. The summed E-state index contributed by atoms with van der Waals surface area (Å²) in [6.45, 7) is 2.84. The van der Waals surface area contributed by atoms with E-state index in [9.17, 15) is 8.42 Å². The molecule has 0 saturated carbocycles. The fourth-order valence-electron chi connectivity index (χ4n) is 2.78. The van der Waals surface area contributed by atoms with Gasteiger partial charge in [-0.3, -0.25) is 0 Å². The Bertz CT molecular complexity index is 836. The van der Waals surface area contributed by atoms with Crippen LogP contribution in [0.25, 0.3) is 6.08 Å². The van der Waals surface area contributed by atoms with E-state index in [2.05, 4.69) is 9.97 Å². The molecule has 2 heterocycles. The first-order valence-electron chi connectivity index (χ1n) is 8.77. The van der Waals surface area contributed by atoms with Gasteiger partial charge in [-0.2, -0.15) is 4.31 Å². The molecule has 0 amide bonds. The van der Waals surface area contributed by atoms with E-state index in [1.54, 1.807) is 18.5 Å². The highest BCUT2D eigenvalue weighted by Gasteiger charge is 2.28. The third kappa shape index (κ3) is 4.89. The van der Waals surface area contributed by atoms with Crippen LogP contribution in [0.1, 0.15) is 30.9 Å². The second-order valence-electron chi connectivity index (χ2n) is 6.23. The lowest BCUT2D eigenvalue weighted by Crippen LogP contribution is -2.43. The van der Waals surface area contributed by atoms with Crippen molar-refractivity contribution in [2.75, 3.05) is 13.1 Å². The Morgan fingerprint density at radius 1 is 1.23 bits per heavy atom. The Kier molecular flexibility index (Phi) is 6.00. The number of aromatic nitrogens is 2. The number of sulfonamides is 1. The van der Waals surface area contributed by atoms with Gasteiger partial charge in [0.25, 0.3) is 0 Å². The van der Waals surface area contributed by atoms with Crippen molar-refractivity contribution in [3.63, 3.8) is 0 Å². The van der Waals surface area contributed by atoms with E-state index < -0.39 is 10.0 Å². The lowest BCUT2D eigenvalue weighted by Gasteiger charge is -2.30. The maximum absolute atomic E-state index is 12.6. The van der Waals surface area contributed by atoms with Gasteiger partial charge in [-0.15, -0.1) is 0 Å². The minimum atomic E-state index is -3.49. The molecule has 1 aromatic heterocycles. The van der Waals surface area contributed by atoms with Crippen molar-refractivity contribution in [1.82, 2.24) is 14.3 Å². The fraction of sp³-hybridized carbons (Fsp3) is 0.368. The van der Waals surface area contributed by atoms with Crippen molar-refractivity contribution in [2.24, 2.45) is 0 Å². The SMILES string of the molecule is CCc1cnc(OC2CCCN(S(=O)(=O)/C=C/c3ccccc3)C2)nc1. The molecular formula is C19H23N3O3S. The average Bonchev–Trinajstić information content (AvgIpc) is 2.68. The molecule has 138 valence electrons. The predicted molar refractivity (Wildman–Crippen MR) is 101 cm³/mol. The zero-order valence-electron chi connectivity index (χ0n) is 14.8. The van der Waals surface area contributed by atoms with Crippen molar-refractivity contribution in [3.8, 4) is 6.01 Å². The molecule has 0 aliphatic carbocycles. The van der Waals surface area contributed by atoms with Crippen LogP contribution in [0.3, 0.4) is 0 Å². The van der Waals surface area contributed by atoms with Crippen molar-refractivity contribution >= 4 is 16.1 Å². The predicted octanol–water partition coefficient (Wildman–Crippen LogP) is 2.88. The normalized spacial score (nSPS) is 18.9. The van der Waals surface area contributed by atoms with Gasteiger partial charge in [-0.05, 0) is 36.5 Å². The zero-order valence-corrected chi connectivity index (χ0v) is 15.6. The number of benzene rings is 1. The number of nitrogens with zero attached hydrogens (tertiary/aromatic N) is 3. The van der Waals surface area contributed by atoms with Gasteiger partial charge >= 0.3 is 6.01 Å². The van der Waals surface area contributed by atoms with Crippen LogP contribution in [0.15, 0.2) is 48.1 Å². The average molecular weight is 373 g/mol. The lowest BCUT2D eigenvalue weighted by molar-refractivity contribution is 0.119. The standard InChI is InChI=1S/C19H23N3O3S/c1-2-16-13-20-19(21-14-16)25-18-9-6-11-22(15-18)26(23,24)12-10-17-7-4-3-5-8-17/h3-5,7-8,10,12-14,18H,2,6,9,11,15H2,1H3/b12-10+. The first kappa shape index (κ1) is 18.5. The summed E-state index contributed by atoms with van der Waals surface area (Å²) in [6.07, 6.45) is 7.25. The zero-order chi connectivity index (χ0) is 18.4. The highest BCUT2D eigenvalue weighted by Crippen LogP contribution is 2.19. The number of piperidine rings is 1.